The lowest BCUT2D eigenvalue weighted by Crippen LogP contribution is -2.45. The molecule has 0 amide bonds. The van der Waals surface area contributed by atoms with Gasteiger partial charge in [0.1, 0.15) is 4.21 Å². The van der Waals surface area contributed by atoms with Crippen molar-refractivity contribution in [2.24, 2.45) is 5.73 Å². The second-order valence-electron chi connectivity index (χ2n) is 5.43. The minimum atomic E-state index is -3.36. The van der Waals surface area contributed by atoms with Crippen molar-refractivity contribution in [3.8, 4) is 0 Å². The molecule has 8 heteroatoms. The Balaban J connectivity index is 1.69. The maximum atomic E-state index is 12.6. The van der Waals surface area contributed by atoms with Gasteiger partial charge in [-0.05, 0) is 23.4 Å². The minimum absolute atomic E-state index is 0.317. The average Bonchev–Trinajstić information content (AvgIpc) is 3.18. The summed E-state index contributed by atoms with van der Waals surface area (Å²) >= 11 is 1.26. The van der Waals surface area contributed by atoms with Crippen molar-refractivity contribution in [1.82, 2.24) is 9.21 Å². The summed E-state index contributed by atoms with van der Waals surface area (Å²) < 4.78 is 32.7. The highest BCUT2D eigenvalue weighted by atomic mass is 32.2. The number of nitrogens with two attached hydrogens (primary N) is 1. The number of thiophene rings is 1. The molecule has 2 aliphatic heterocycles. The first-order chi connectivity index (χ1) is 10.1. The zero-order valence-electron chi connectivity index (χ0n) is 11.9. The summed E-state index contributed by atoms with van der Waals surface area (Å²) in [7, 11) is -3.36. The molecule has 0 radical (unpaired) electrons. The molecular weight excluding hydrogens is 310 g/mol. The molecule has 1 aromatic heterocycles. The number of morpholine rings is 1. The molecule has 118 valence electrons. The fourth-order valence-electron chi connectivity index (χ4n) is 2.89. The van der Waals surface area contributed by atoms with Gasteiger partial charge in [-0.15, -0.1) is 11.3 Å². The van der Waals surface area contributed by atoms with Crippen LogP contribution in [0.4, 0.5) is 0 Å². The van der Waals surface area contributed by atoms with Crippen molar-refractivity contribution in [3.05, 3.63) is 17.0 Å². The molecule has 21 heavy (non-hydrogen) atoms. The van der Waals surface area contributed by atoms with E-state index >= 15 is 0 Å². The standard InChI is InChI=1S/C13H21N3O3S2/c14-8-11-7-13(20-10-11)21(17,18)16-2-1-12(9-16)15-3-5-19-6-4-15/h7,10,12H,1-6,8-9,14H2. The van der Waals surface area contributed by atoms with E-state index in [1.807, 2.05) is 5.38 Å². The van der Waals surface area contributed by atoms with Crippen LogP contribution in [0.3, 0.4) is 0 Å². The van der Waals surface area contributed by atoms with Gasteiger partial charge in [-0.25, -0.2) is 8.42 Å². The van der Waals surface area contributed by atoms with Crippen LogP contribution in [0.1, 0.15) is 12.0 Å². The van der Waals surface area contributed by atoms with E-state index in [9.17, 15) is 8.42 Å². The predicted octanol–water partition coefficient (Wildman–Crippen LogP) is 0.302. The van der Waals surface area contributed by atoms with Crippen molar-refractivity contribution in [2.75, 3.05) is 39.4 Å². The van der Waals surface area contributed by atoms with Gasteiger partial charge in [-0.3, -0.25) is 4.90 Å². The molecule has 0 aromatic carbocycles. The van der Waals surface area contributed by atoms with E-state index in [0.29, 0.717) is 29.9 Å². The van der Waals surface area contributed by atoms with Crippen LogP contribution in [0, 0.1) is 0 Å². The Morgan fingerprint density at radius 3 is 2.76 bits per heavy atom. The van der Waals surface area contributed by atoms with Crippen LogP contribution in [0.5, 0.6) is 0 Å². The second kappa shape index (κ2) is 6.31. The lowest BCUT2D eigenvalue weighted by Gasteiger charge is -2.32. The second-order valence-corrected chi connectivity index (χ2v) is 8.51. The summed E-state index contributed by atoms with van der Waals surface area (Å²) in [4.78, 5) is 2.35. The third kappa shape index (κ3) is 3.15. The molecule has 1 unspecified atom stereocenters. The van der Waals surface area contributed by atoms with Gasteiger partial charge in [-0.1, -0.05) is 0 Å². The Morgan fingerprint density at radius 2 is 2.10 bits per heavy atom. The Bertz CT molecular complexity index is 581. The summed E-state index contributed by atoms with van der Waals surface area (Å²) in [6.07, 6.45) is 0.897. The SMILES string of the molecule is NCc1csc(S(=O)(=O)N2CCC(N3CCOCC3)C2)c1. The molecule has 2 aliphatic rings. The first-order valence-electron chi connectivity index (χ1n) is 7.20. The monoisotopic (exact) mass is 331 g/mol. The Labute approximate surface area is 129 Å². The topological polar surface area (TPSA) is 75.9 Å². The first kappa shape index (κ1) is 15.4. The van der Waals surface area contributed by atoms with Gasteiger partial charge in [0.2, 0.25) is 0 Å². The molecule has 2 saturated heterocycles. The van der Waals surface area contributed by atoms with Gasteiger partial charge in [0.05, 0.1) is 13.2 Å². The molecule has 2 N–H and O–H groups in total. The van der Waals surface area contributed by atoms with E-state index in [-0.39, 0.29) is 0 Å². The van der Waals surface area contributed by atoms with Gasteiger partial charge >= 0.3 is 0 Å². The number of nitrogens with zero attached hydrogens (tertiary/aromatic N) is 2. The molecule has 2 fully saturated rings. The van der Waals surface area contributed by atoms with Crippen LogP contribution in [-0.2, 0) is 21.3 Å². The highest BCUT2D eigenvalue weighted by Gasteiger charge is 2.36. The van der Waals surface area contributed by atoms with E-state index in [2.05, 4.69) is 4.90 Å². The zero-order valence-corrected chi connectivity index (χ0v) is 13.5. The summed E-state index contributed by atoms with van der Waals surface area (Å²) in [6, 6.07) is 2.01. The molecule has 1 aromatic rings. The van der Waals surface area contributed by atoms with E-state index < -0.39 is 10.0 Å². The van der Waals surface area contributed by atoms with Gasteiger partial charge in [0, 0.05) is 38.8 Å². The molecule has 6 nitrogen and oxygen atoms in total. The third-order valence-electron chi connectivity index (χ3n) is 4.15. The highest BCUT2D eigenvalue weighted by Crippen LogP contribution is 2.28. The number of hydrogen-bond acceptors (Lipinski definition) is 6. The molecule has 0 spiro atoms. The number of hydrogen-bond donors (Lipinski definition) is 1. The predicted molar refractivity (Wildman–Crippen MR) is 81.8 cm³/mol. The maximum Gasteiger partial charge on any atom is 0.252 e. The largest absolute Gasteiger partial charge is 0.379 e. The van der Waals surface area contributed by atoms with Crippen molar-refractivity contribution in [1.29, 1.82) is 0 Å². The van der Waals surface area contributed by atoms with E-state index in [4.69, 9.17) is 10.5 Å². The molecule has 0 saturated carbocycles. The van der Waals surface area contributed by atoms with Crippen LogP contribution >= 0.6 is 11.3 Å². The normalized spacial score (nSPS) is 25.5. The quantitative estimate of drug-likeness (QED) is 0.859. The minimum Gasteiger partial charge on any atom is -0.379 e. The molecule has 3 rings (SSSR count). The lowest BCUT2D eigenvalue weighted by atomic mass is 10.2. The van der Waals surface area contributed by atoms with E-state index in [1.165, 1.54) is 11.3 Å². The van der Waals surface area contributed by atoms with E-state index in [1.54, 1.807) is 10.4 Å². The summed E-state index contributed by atoms with van der Waals surface area (Å²) in [5, 5.41) is 1.82. The molecule has 3 heterocycles. The van der Waals surface area contributed by atoms with Crippen molar-refractivity contribution in [3.63, 3.8) is 0 Å². The molecule has 1 atom stereocenters. The Morgan fingerprint density at radius 1 is 1.33 bits per heavy atom. The van der Waals surface area contributed by atoms with Crippen LogP contribution in [0.15, 0.2) is 15.7 Å². The average molecular weight is 331 g/mol. The van der Waals surface area contributed by atoms with Gasteiger partial charge in [0.25, 0.3) is 10.0 Å². The smallest absolute Gasteiger partial charge is 0.252 e. The summed E-state index contributed by atoms with van der Waals surface area (Å²) in [5.41, 5.74) is 6.44. The molecular formula is C13H21N3O3S2. The van der Waals surface area contributed by atoms with Gasteiger partial charge in [-0.2, -0.15) is 4.31 Å². The van der Waals surface area contributed by atoms with Crippen LogP contribution in [0.2, 0.25) is 0 Å². The van der Waals surface area contributed by atoms with Gasteiger partial charge < -0.3 is 10.5 Å². The first-order valence-corrected chi connectivity index (χ1v) is 9.52. The van der Waals surface area contributed by atoms with Gasteiger partial charge in [0.15, 0.2) is 0 Å². The highest BCUT2D eigenvalue weighted by molar-refractivity contribution is 7.91. The fraction of sp³-hybridized carbons (Fsp3) is 0.692. The van der Waals surface area contributed by atoms with Crippen LogP contribution < -0.4 is 5.73 Å². The van der Waals surface area contributed by atoms with Crippen LogP contribution in [-0.4, -0.2) is 63.1 Å². The van der Waals surface area contributed by atoms with Crippen molar-refractivity contribution >= 4 is 21.4 Å². The zero-order chi connectivity index (χ0) is 14.9. The third-order valence-corrected chi connectivity index (χ3v) is 7.48. The van der Waals surface area contributed by atoms with Crippen molar-refractivity contribution in [2.45, 2.75) is 23.2 Å². The van der Waals surface area contributed by atoms with Crippen LogP contribution in [0.25, 0.3) is 0 Å². The molecule has 0 bridgehead atoms. The summed E-state index contributed by atoms with van der Waals surface area (Å²) in [6.45, 7) is 4.84. The van der Waals surface area contributed by atoms with E-state index in [0.717, 1.165) is 38.3 Å². The summed E-state index contributed by atoms with van der Waals surface area (Å²) in [5.74, 6) is 0. The molecule has 0 aliphatic carbocycles. The lowest BCUT2D eigenvalue weighted by molar-refractivity contribution is 0.0197. The Kier molecular flexibility index (Phi) is 4.63. The van der Waals surface area contributed by atoms with Crippen molar-refractivity contribution < 1.29 is 13.2 Å². The fourth-order valence-corrected chi connectivity index (χ4v) is 5.76. The number of sulfonamides is 1. The maximum absolute atomic E-state index is 12.6. The Hall–Kier alpha value is -0.510. The number of rotatable bonds is 4. The number of ether oxygens (including phenoxy) is 1.